The maximum Gasteiger partial charge on any atom is 0.408 e. The number of para-hydroxylation sites is 1. The Kier molecular flexibility index (Phi) is 5.35. The van der Waals surface area contributed by atoms with E-state index in [1.165, 1.54) is 12.0 Å². The lowest BCUT2D eigenvalue weighted by molar-refractivity contribution is -0.143. The van der Waals surface area contributed by atoms with Crippen LogP contribution in [0.5, 0.6) is 0 Å². The lowest BCUT2D eigenvalue weighted by Crippen LogP contribution is -2.52. The number of anilines is 1. The van der Waals surface area contributed by atoms with Crippen molar-refractivity contribution in [3.05, 3.63) is 29.8 Å². The summed E-state index contributed by atoms with van der Waals surface area (Å²) in [5, 5.41) is 2.52. The van der Waals surface area contributed by atoms with Crippen LogP contribution in [0, 0.1) is 0 Å². The molecule has 1 heterocycles. The van der Waals surface area contributed by atoms with Crippen molar-refractivity contribution < 1.29 is 23.9 Å². The summed E-state index contributed by atoms with van der Waals surface area (Å²) in [6.45, 7) is 6.77. The molecule has 25 heavy (non-hydrogen) atoms. The summed E-state index contributed by atoms with van der Waals surface area (Å²) < 4.78 is 10.0. The van der Waals surface area contributed by atoms with Crippen molar-refractivity contribution in [3.63, 3.8) is 0 Å². The van der Waals surface area contributed by atoms with Crippen LogP contribution in [0.15, 0.2) is 24.3 Å². The first-order valence-corrected chi connectivity index (χ1v) is 8.12. The number of alkyl carbamates (subject to hydrolysis) is 1. The van der Waals surface area contributed by atoms with Crippen molar-refractivity contribution in [2.75, 3.05) is 12.0 Å². The summed E-state index contributed by atoms with van der Waals surface area (Å²) >= 11 is 0. The van der Waals surface area contributed by atoms with E-state index in [9.17, 15) is 14.4 Å². The highest BCUT2D eigenvalue weighted by atomic mass is 16.6. The zero-order valence-electron chi connectivity index (χ0n) is 15.2. The van der Waals surface area contributed by atoms with Crippen molar-refractivity contribution in [2.24, 2.45) is 0 Å². The second-order valence-electron chi connectivity index (χ2n) is 6.95. The van der Waals surface area contributed by atoms with E-state index in [-0.39, 0.29) is 0 Å². The number of nitrogens with zero attached hydrogens (tertiary/aromatic N) is 1. The van der Waals surface area contributed by atoms with Gasteiger partial charge in [-0.1, -0.05) is 18.2 Å². The molecule has 0 aromatic heterocycles. The Labute approximate surface area is 147 Å². The molecule has 0 radical (unpaired) electrons. The summed E-state index contributed by atoms with van der Waals surface area (Å²) in [7, 11) is 1.29. The van der Waals surface area contributed by atoms with E-state index >= 15 is 0 Å². The van der Waals surface area contributed by atoms with E-state index in [1.54, 1.807) is 39.8 Å². The minimum absolute atomic E-state index is 0.383. The fourth-order valence-electron chi connectivity index (χ4n) is 2.74. The van der Waals surface area contributed by atoms with Gasteiger partial charge in [-0.15, -0.1) is 0 Å². The lowest BCUT2D eigenvalue weighted by atomic mass is 10.1. The first kappa shape index (κ1) is 18.8. The third-order valence-electron chi connectivity index (χ3n) is 3.79. The van der Waals surface area contributed by atoms with Gasteiger partial charge in [0, 0.05) is 12.1 Å². The quantitative estimate of drug-likeness (QED) is 0.845. The standard InChI is InChI=1S/C18H24N2O5/c1-11(19-17(23)25-18(2,3)4)15(21)20-13-9-7-6-8-12(13)10-14(20)16(22)24-5/h6-9,11,14H,10H2,1-5H3,(H,19,23)/t11-,14+/m0/s1. The largest absolute Gasteiger partial charge is 0.467 e. The Morgan fingerprint density at radius 3 is 2.48 bits per heavy atom. The van der Waals surface area contributed by atoms with Crippen LogP contribution in [0.4, 0.5) is 10.5 Å². The van der Waals surface area contributed by atoms with Gasteiger partial charge in [-0.25, -0.2) is 9.59 Å². The highest BCUT2D eigenvalue weighted by molar-refractivity contribution is 6.05. The van der Waals surface area contributed by atoms with E-state index in [0.29, 0.717) is 12.1 Å². The van der Waals surface area contributed by atoms with E-state index in [1.807, 2.05) is 12.1 Å². The summed E-state index contributed by atoms with van der Waals surface area (Å²) in [6, 6.07) is 5.70. The highest BCUT2D eigenvalue weighted by Gasteiger charge is 2.40. The predicted molar refractivity (Wildman–Crippen MR) is 92.3 cm³/mol. The maximum absolute atomic E-state index is 12.9. The lowest BCUT2D eigenvalue weighted by Gasteiger charge is -2.27. The number of esters is 1. The van der Waals surface area contributed by atoms with Crippen LogP contribution in [0.2, 0.25) is 0 Å². The smallest absolute Gasteiger partial charge is 0.408 e. The Hall–Kier alpha value is -2.57. The van der Waals surface area contributed by atoms with Crippen LogP contribution in [-0.4, -0.2) is 42.8 Å². The zero-order valence-corrected chi connectivity index (χ0v) is 15.2. The van der Waals surface area contributed by atoms with Gasteiger partial charge >= 0.3 is 12.1 Å². The Balaban J connectivity index is 2.19. The molecule has 1 aromatic carbocycles. The SMILES string of the molecule is COC(=O)[C@H]1Cc2ccccc2N1C(=O)[C@H](C)NC(=O)OC(C)(C)C. The van der Waals surface area contributed by atoms with Gasteiger partial charge < -0.3 is 14.8 Å². The molecule has 7 heteroatoms. The molecule has 1 aromatic rings. The van der Waals surface area contributed by atoms with Gasteiger partial charge in [0.2, 0.25) is 5.91 Å². The number of carbonyl (C=O) groups is 3. The summed E-state index contributed by atoms with van der Waals surface area (Å²) in [6.07, 6.45) is -0.302. The second-order valence-corrected chi connectivity index (χ2v) is 6.95. The minimum Gasteiger partial charge on any atom is -0.467 e. The molecule has 0 saturated heterocycles. The number of nitrogens with one attached hydrogen (secondary N) is 1. The molecule has 136 valence electrons. The number of fused-ring (bicyclic) bond motifs is 1. The monoisotopic (exact) mass is 348 g/mol. The Morgan fingerprint density at radius 2 is 1.88 bits per heavy atom. The molecule has 1 N–H and O–H groups in total. The molecule has 1 aliphatic heterocycles. The molecule has 0 fully saturated rings. The molecular formula is C18H24N2O5. The van der Waals surface area contributed by atoms with E-state index in [4.69, 9.17) is 9.47 Å². The molecular weight excluding hydrogens is 324 g/mol. The first-order valence-electron chi connectivity index (χ1n) is 8.12. The second kappa shape index (κ2) is 7.13. The molecule has 7 nitrogen and oxygen atoms in total. The van der Waals surface area contributed by atoms with Crippen molar-refractivity contribution in [1.82, 2.24) is 5.32 Å². The third-order valence-corrected chi connectivity index (χ3v) is 3.79. The number of benzene rings is 1. The van der Waals surface area contributed by atoms with Gasteiger partial charge in [0.15, 0.2) is 0 Å². The van der Waals surface area contributed by atoms with Crippen LogP contribution in [-0.2, 0) is 25.5 Å². The van der Waals surface area contributed by atoms with Gasteiger partial charge in [-0.3, -0.25) is 9.69 Å². The van der Waals surface area contributed by atoms with Crippen LogP contribution in [0.1, 0.15) is 33.3 Å². The molecule has 0 unspecified atom stereocenters. The molecule has 1 aliphatic rings. The van der Waals surface area contributed by atoms with Gasteiger partial charge in [-0.2, -0.15) is 0 Å². The van der Waals surface area contributed by atoms with E-state index in [2.05, 4.69) is 5.32 Å². The third kappa shape index (κ3) is 4.29. The Morgan fingerprint density at radius 1 is 1.24 bits per heavy atom. The van der Waals surface area contributed by atoms with Crippen molar-refractivity contribution in [1.29, 1.82) is 0 Å². The van der Waals surface area contributed by atoms with Crippen LogP contribution >= 0.6 is 0 Å². The molecule has 2 rings (SSSR count). The molecule has 0 bridgehead atoms. The predicted octanol–water partition coefficient (Wildman–Crippen LogP) is 2.03. The van der Waals surface area contributed by atoms with Gasteiger partial charge in [0.05, 0.1) is 7.11 Å². The average Bonchev–Trinajstić information content (AvgIpc) is 2.90. The molecule has 2 amide bonds. The number of amides is 2. The van der Waals surface area contributed by atoms with Crippen molar-refractivity contribution >= 4 is 23.7 Å². The highest BCUT2D eigenvalue weighted by Crippen LogP contribution is 2.33. The topological polar surface area (TPSA) is 84.9 Å². The Bertz CT molecular complexity index is 680. The fourth-order valence-corrected chi connectivity index (χ4v) is 2.74. The van der Waals surface area contributed by atoms with E-state index in [0.717, 1.165) is 5.56 Å². The molecule has 0 saturated carbocycles. The zero-order chi connectivity index (χ0) is 18.8. The summed E-state index contributed by atoms with van der Waals surface area (Å²) in [4.78, 5) is 38.3. The number of methoxy groups -OCH3 is 1. The van der Waals surface area contributed by atoms with Crippen LogP contribution in [0.25, 0.3) is 0 Å². The van der Waals surface area contributed by atoms with Gasteiger partial charge in [0.1, 0.15) is 17.7 Å². The number of hydrogen-bond acceptors (Lipinski definition) is 5. The van der Waals surface area contributed by atoms with Crippen molar-refractivity contribution in [3.8, 4) is 0 Å². The number of hydrogen-bond donors (Lipinski definition) is 1. The first-order chi connectivity index (χ1) is 11.6. The van der Waals surface area contributed by atoms with E-state index < -0.39 is 35.7 Å². The number of carbonyl (C=O) groups excluding carboxylic acids is 3. The number of rotatable bonds is 3. The maximum atomic E-state index is 12.9. The molecule has 0 spiro atoms. The van der Waals surface area contributed by atoms with Gasteiger partial charge in [-0.05, 0) is 39.3 Å². The number of ether oxygens (including phenoxy) is 2. The summed E-state index contributed by atoms with van der Waals surface area (Å²) in [5.74, 6) is -0.889. The van der Waals surface area contributed by atoms with Gasteiger partial charge in [0.25, 0.3) is 0 Å². The van der Waals surface area contributed by atoms with Crippen molar-refractivity contribution in [2.45, 2.75) is 51.8 Å². The molecule has 2 atom stereocenters. The van der Waals surface area contributed by atoms with Crippen LogP contribution in [0.3, 0.4) is 0 Å². The minimum atomic E-state index is -0.854. The fraction of sp³-hybridized carbons (Fsp3) is 0.500. The normalized spacial score (nSPS) is 17.5. The summed E-state index contributed by atoms with van der Waals surface area (Å²) in [5.41, 5.74) is 0.873. The molecule has 0 aliphatic carbocycles. The van der Waals surface area contributed by atoms with Crippen LogP contribution < -0.4 is 10.2 Å². The average molecular weight is 348 g/mol.